The first-order valence-electron chi connectivity index (χ1n) is 20.0. The van der Waals surface area contributed by atoms with Crippen LogP contribution in [0.5, 0.6) is 0 Å². The smallest absolute Gasteiger partial charge is 0.306 e. The average molecular weight is 653 g/mol. The Labute approximate surface area is 285 Å². The second kappa shape index (κ2) is 36.2. The van der Waals surface area contributed by atoms with Crippen LogP contribution in [0.2, 0.25) is 0 Å². The molecule has 0 radical (unpaired) electrons. The maximum absolute atomic E-state index is 12.4. The lowest BCUT2D eigenvalue weighted by atomic mass is 10.0. The summed E-state index contributed by atoms with van der Waals surface area (Å²) in [6.45, 7) is 6.51. The van der Waals surface area contributed by atoms with Gasteiger partial charge in [0.15, 0.2) is 6.10 Å². The average Bonchev–Trinajstić information content (AvgIpc) is 3.05. The summed E-state index contributed by atoms with van der Waals surface area (Å²) in [5, 5.41) is 0. The highest BCUT2D eigenvalue weighted by molar-refractivity contribution is 5.71. The molecule has 272 valence electrons. The Balaban J connectivity index is 4.10. The third-order valence-electron chi connectivity index (χ3n) is 8.86. The van der Waals surface area contributed by atoms with Crippen LogP contribution in [-0.2, 0) is 28.6 Å². The molecule has 0 aliphatic heterocycles. The van der Waals surface area contributed by atoms with Crippen LogP contribution in [0.1, 0.15) is 220 Å². The van der Waals surface area contributed by atoms with Crippen molar-refractivity contribution in [1.29, 1.82) is 0 Å². The van der Waals surface area contributed by atoms with Gasteiger partial charge < -0.3 is 14.2 Å². The number of carbonyl (C=O) groups is 3. The summed E-state index contributed by atoms with van der Waals surface area (Å²) in [6.07, 6.45) is 34.1. The first kappa shape index (κ1) is 44.4. The lowest BCUT2D eigenvalue weighted by Gasteiger charge is -2.18. The van der Waals surface area contributed by atoms with E-state index in [2.05, 4.69) is 20.8 Å². The minimum Gasteiger partial charge on any atom is -0.462 e. The van der Waals surface area contributed by atoms with Crippen molar-refractivity contribution >= 4 is 17.9 Å². The Morgan fingerprint density at radius 3 is 0.870 bits per heavy atom. The summed E-state index contributed by atoms with van der Waals surface area (Å²) in [5.41, 5.74) is 0. The Morgan fingerprint density at radius 1 is 0.348 bits per heavy atom. The topological polar surface area (TPSA) is 78.9 Å². The summed E-state index contributed by atoms with van der Waals surface area (Å²) in [6, 6.07) is 0. The summed E-state index contributed by atoms with van der Waals surface area (Å²) >= 11 is 0. The van der Waals surface area contributed by atoms with Crippen LogP contribution < -0.4 is 0 Å². The van der Waals surface area contributed by atoms with E-state index in [1.807, 2.05) is 0 Å². The summed E-state index contributed by atoms with van der Waals surface area (Å²) < 4.78 is 16.5. The molecule has 0 amide bonds. The fourth-order valence-corrected chi connectivity index (χ4v) is 5.79. The number of hydrogen-bond acceptors (Lipinski definition) is 6. The molecule has 0 heterocycles. The molecule has 0 aliphatic carbocycles. The van der Waals surface area contributed by atoms with E-state index in [1.165, 1.54) is 116 Å². The Kier molecular flexibility index (Phi) is 35.0. The predicted molar refractivity (Wildman–Crippen MR) is 192 cm³/mol. The number of carbonyl (C=O) groups excluding carboxylic acids is 3. The molecule has 0 bridgehead atoms. The molecule has 0 rings (SSSR count). The molecule has 0 spiro atoms. The maximum Gasteiger partial charge on any atom is 0.306 e. The monoisotopic (exact) mass is 653 g/mol. The molecule has 6 heteroatoms. The number of hydrogen-bond donors (Lipinski definition) is 0. The zero-order valence-electron chi connectivity index (χ0n) is 30.9. The standard InChI is InChI=1S/C40H76O6/c1-4-7-10-13-15-16-17-18-19-20-21-22-23-25-28-30-33-39(42)45-36-37(46-40(43)34-31-26-12-9-6-3)35-44-38(41)32-29-27-24-14-11-8-5-2/h37H,4-36H2,1-3H3/t37-/m0/s1. The van der Waals surface area contributed by atoms with Crippen LogP contribution in [0.25, 0.3) is 0 Å². The van der Waals surface area contributed by atoms with Gasteiger partial charge in [-0.15, -0.1) is 0 Å². The van der Waals surface area contributed by atoms with Gasteiger partial charge in [0.1, 0.15) is 13.2 Å². The quantitative estimate of drug-likeness (QED) is 0.0381. The zero-order chi connectivity index (χ0) is 33.8. The van der Waals surface area contributed by atoms with Gasteiger partial charge in [-0.1, -0.05) is 181 Å². The van der Waals surface area contributed by atoms with Crippen LogP contribution in [-0.4, -0.2) is 37.2 Å². The van der Waals surface area contributed by atoms with Gasteiger partial charge in [-0.05, 0) is 19.3 Å². The second-order valence-corrected chi connectivity index (χ2v) is 13.6. The molecule has 0 saturated carbocycles. The number of rotatable bonds is 36. The highest BCUT2D eigenvalue weighted by Gasteiger charge is 2.19. The van der Waals surface area contributed by atoms with Crippen LogP contribution in [0.15, 0.2) is 0 Å². The van der Waals surface area contributed by atoms with E-state index < -0.39 is 6.10 Å². The zero-order valence-corrected chi connectivity index (χ0v) is 30.9. The SMILES string of the molecule is CCCCCCCCCCCCCCCCCCC(=O)OC[C@H](COC(=O)CCCCCCCCC)OC(=O)CCCCCCC. The van der Waals surface area contributed by atoms with E-state index in [4.69, 9.17) is 14.2 Å². The normalized spacial score (nSPS) is 11.8. The molecule has 0 N–H and O–H groups in total. The van der Waals surface area contributed by atoms with Gasteiger partial charge in [-0.3, -0.25) is 14.4 Å². The molecule has 6 nitrogen and oxygen atoms in total. The fraction of sp³-hybridized carbons (Fsp3) is 0.925. The van der Waals surface area contributed by atoms with Crippen molar-refractivity contribution in [2.75, 3.05) is 13.2 Å². The van der Waals surface area contributed by atoms with Crippen molar-refractivity contribution in [2.45, 2.75) is 226 Å². The number of unbranched alkanes of at least 4 members (excludes halogenated alkanes) is 25. The van der Waals surface area contributed by atoms with Crippen molar-refractivity contribution in [3.05, 3.63) is 0 Å². The van der Waals surface area contributed by atoms with Crippen molar-refractivity contribution in [3.63, 3.8) is 0 Å². The van der Waals surface area contributed by atoms with Crippen LogP contribution in [0.3, 0.4) is 0 Å². The van der Waals surface area contributed by atoms with Crippen molar-refractivity contribution in [3.8, 4) is 0 Å². The van der Waals surface area contributed by atoms with Crippen LogP contribution >= 0.6 is 0 Å². The lowest BCUT2D eigenvalue weighted by molar-refractivity contribution is -0.167. The van der Waals surface area contributed by atoms with E-state index in [0.29, 0.717) is 19.3 Å². The molecule has 46 heavy (non-hydrogen) atoms. The molecule has 0 aromatic carbocycles. The van der Waals surface area contributed by atoms with Gasteiger partial charge in [0, 0.05) is 19.3 Å². The lowest BCUT2D eigenvalue weighted by Crippen LogP contribution is -2.30. The Morgan fingerprint density at radius 2 is 0.587 bits per heavy atom. The van der Waals surface area contributed by atoms with Gasteiger partial charge in [-0.2, -0.15) is 0 Å². The van der Waals surface area contributed by atoms with Gasteiger partial charge in [0.2, 0.25) is 0 Å². The highest BCUT2D eigenvalue weighted by Crippen LogP contribution is 2.15. The molecule has 0 unspecified atom stereocenters. The second-order valence-electron chi connectivity index (χ2n) is 13.6. The third-order valence-corrected chi connectivity index (χ3v) is 8.86. The van der Waals surface area contributed by atoms with Gasteiger partial charge in [0.25, 0.3) is 0 Å². The van der Waals surface area contributed by atoms with E-state index in [1.54, 1.807) is 0 Å². The highest BCUT2D eigenvalue weighted by atomic mass is 16.6. The van der Waals surface area contributed by atoms with Crippen molar-refractivity contribution in [2.24, 2.45) is 0 Å². The summed E-state index contributed by atoms with van der Waals surface area (Å²) in [5.74, 6) is -0.882. The first-order chi connectivity index (χ1) is 22.5. The van der Waals surface area contributed by atoms with Crippen molar-refractivity contribution in [1.82, 2.24) is 0 Å². The molecule has 0 fully saturated rings. The van der Waals surface area contributed by atoms with E-state index in [9.17, 15) is 14.4 Å². The van der Waals surface area contributed by atoms with Gasteiger partial charge >= 0.3 is 17.9 Å². The predicted octanol–water partition coefficient (Wildman–Crippen LogP) is 12.1. The van der Waals surface area contributed by atoms with E-state index >= 15 is 0 Å². The summed E-state index contributed by atoms with van der Waals surface area (Å²) in [7, 11) is 0. The minimum atomic E-state index is -0.754. The third kappa shape index (κ3) is 33.8. The fourth-order valence-electron chi connectivity index (χ4n) is 5.79. The largest absolute Gasteiger partial charge is 0.462 e. The van der Waals surface area contributed by atoms with Gasteiger partial charge in [0.05, 0.1) is 0 Å². The molecular weight excluding hydrogens is 576 g/mol. The van der Waals surface area contributed by atoms with Crippen molar-refractivity contribution < 1.29 is 28.6 Å². The Hall–Kier alpha value is -1.59. The Bertz CT molecular complexity index is 679. The van der Waals surface area contributed by atoms with Crippen LogP contribution in [0.4, 0.5) is 0 Å². The van der Waals surface area contributed by atoms with E-state index in [-0.39, 0.29) is 31.1 Å². The summed E-state index contributed by atoms with van der Waals surface area (Å²) in [4.78, 5) is 37.1. The minimum absolute atomic E-state index is 0.0655. The molecule has 0 aliphatic rings. The molecule has 0 aromatic rings. The first-order valence-corrected chi connectivity index (χ1v) is 20.0. The maximum atomic E-state index is 12.4. The van der Waals surface area contributed by atoms with Gasteiger partial charge in [-0.25, -0.2) is 0 Å². The number of esters is 3. The molecule has 0 saturated heterocycles. The molecule has 0 aromatic heterocycles. The molecular formula is C40H76O6. The number of ether oxygens (including phenoxy) is 3. The van der Waals surface area contributed by atoms with E-state index in [0.717, 1.165) is 64.2 Å². The molecule has 1 atom stereocenters. The van der Waals surface area contributed by atoms with Crippen LogP contribution in [0, 0.1) is 0 Å².